The quantitative estimate of drug-likeness (QED) is 0.703. The van der Waals surface area contributed by atoms with Gasteiger partial charge in [0.25, 0.3) is 0 Å². The molecule has 19 heavy (non-hydrogen) atoms. The van der Waals surface area contributed by atoms with E-state index in [1.54, 1.807) is 5.57 Å². The van der Waals surface area contributed by atoms with Gasteiger partial charge in [-0.2, -0.15) is 0 Å². The number of benzene rings is 1. The van der Waals surface area contributed by atoms with Crippen LogP contribution in [0.2, 0.25) is 0 Å². The maximum atomic E-state index is 2.43. The Bertz CT molecular complexity index is 548. The van der Waals surface area contributed by atoms with Crippen LogP contribution in [0, 0.1) is 5.92 Å². The molecule has 1 heterocycles. The fraction of sp³-hybridized carbons (Fsp3) is 0.333. The summed E-state index contributed by atoms with van der Waals surface area (Å²) in [6.45, 7) is 4.48. The third-order valence-electron chi connectivity index (χ3n) is 3.85. The van der Waals surface area contributed by atoms with Gasteiger partial charge in [0.15, 0.2) is 0 Å². The maximum absolute atomic E-state index is 2.43. The van der Waals surface area contributed by atoms with Crippen LogP contribution in [0.4, 0.5) is 0 Å². The molecular formula is C18H20S. The zero-order valence-corrected chi connectivity index (χ0v) is 12.4. The van der Waals surface area contributed by atoms with Crippen LogP contribution in [-0.2, 0) is 0 Å². The highest BCUT2D eigenvalue weighted by molar-refractivity contribution is 8.09. The summed E-state index contributed by atoms with van der Waals surface area (Å²) in [7, 11) is 0. The van der Waals surface area contributed by atoms with Gasteiger partial charge in [-0.25, -0.2) is 0 Å². The van der Waals surface area contributed by atoms with E-state index in [1.165, 1.54) is 28.9 Å². The largest absolute Gasteiger partial charge is 0.117 e. The summed E-state index contributed by atoms with van der Waals surface area (Å²) in [5.41, 5.74) is 4.44. The summed E-state index contributed by atoms with van der Waals surface area (Å²) in [6.07, 6.45) is 9.57. The molecule has 1 aliphatic heterocycles. The first-order valence-electron chi connectivity index (χ1n) is 7.11. The number of rotatable bonds is 3. The molecular weight excluding hydrogens is 248 g/mol. The second kappa shape index (κ2) is 5.42. The van der Waals surface area contributed by atoms with Gasteiger partial charge in [0.1, 0.15) is 0 Å². The van der Waals surface area contributed by atoms with Crippen LogP contribution >= 0.6 is 11.8 Å². The molecule has 0 saturated heterocycles. The summed E-state index contributed by atoms with van der Waals surface area (Å²) in [5, 5.41) is 0.613. The molecule has 0 saturated carbocycles. The van der Waals surface area contributed by atoms with Gasteiger partial charge in [-0.15, -0.1) is 11.8 Å². The first kappa shape index (κ1) is 12.8. The van der Waals surface area contributed by atoms with Crippen LogP contribution in [-0.4, -0.2) is 5.25 Å². The van der Waals surface area contributed by atoms with Crippen LogP contribution in [0.5, 0.6) is 0 Å². The van der Waals surface area contributed by atoms with Crippen molar-refractivity contribution in [3.05, 3.63) is 65.3 Å². The predicted octanol–water partition coefficient (Wildman–Crippen LogP) is 5.45. The lowest BCUT2D eigenvalue weighted by Crippen LogP contribution is -2.13. The van der Waals surface area contributed by atoms with E-state index in [1.807, 2.05) is 0 Å². The first-order chi connectivity index (χ1) is 9.29. The van der Waals surface area contributed by atoms with E-state index in [4.69, 9.17) is 0 Å². The van der Waals surface area contributed by atoms with Gasteiger partial charge in [0.05, 0.1) is 0 Å². The Labute approximate surface area is 120 Å². The Balaban J connectivity index is 2.00. The number of hydrogen-bond acceptors (Lipinski definition) is 1. The van der Waals surface area contributed by atoms with E-state index in [0.29, 0.717) is 11.2 Å². The molecule has 1 aromatic carbocycles. The Hall–Kier alpha value is -1.21. The third kappa shape index (κ3) is 2.44. The molecule has 2 unspecified atom stereocenters. The third-order valence-corrected chi connectivity index (χ3v) is 5.29. The van der Waals surface area contributed by atoms with Gasteiger partial charge in [0, 0.05) is 16.1 Å². The molecule has 0 fully saturated rings. The molecule has 0 nitrogen and oxygen atoms in total. The highest BCUT2D eigenvalue weighted by Gasteiger charge is 2.33. The molecule has 0 bridgehead atoms. The van der Waals surface area contributed by atoms with Crippen molar-refractivity contribution in [3.63, 3.8) is 0 Å². The minimum atomic E-state index is 0.613. The minimum absolute atomic E-state index is 0.613. The summed E-state index contributed by atoms with van der Waals surface area (Å²) in [6, 6.07) is 10.9. The Kier molecular flexibility index (Phi) is 3.65. The molecule has 0 N–H and O–H groups in total. The minimum Gasteiger partial charge on any atom is -0.117 e. The van der Waals surface area contributed by atoms with Crippen molar-refractivity contribution in [2.24, 2.45) is 5.92 Å². The van der Waals surface area contributed by atoms with Crippen molar-refractivity contribution in [3.8, 4) is 0 Å². The highest BCUT2D eigenvalue weighted by atomic mass is 32.2. The van der Waals surface area contributed by atoms with Gasteiger partial charge in [-0.3, -0.25) is 0 Å². The van der Waals surface area contributed by atoms with Gasteiger partial charge in [-0.1, -0.05) is 67.5 Å². The van der Waals surface area contributed by atoms with E-state index in [9.17, 15) is 0 Å². The van der Waals surface area contributed by atoms with E-state index < -0.39 is 0 Å². The second-order valence-corrected chi connectivity index (χ2v) is 6.54. The molecule has 2 aliphatic rings. The molecule has 0 radical (unpaired) electrons. The number of hydrogen-bond donors (Lipinski definition) is 0. The molecule has 3 rings (SSSR count). The molecule has 2 atom stereocenters. The van der Waals surface area contributed by atoms with Crippen LogP contribution in [0.1, 0.15) is 32.3 Å². The summed E-state index contributed by atoms with van der Waals surface area (Å²) < 4.78 is 0. The Morgan fingerprint density at radius 3 is 2.68 bits per heavy atom. The molecule has 98 valence electrons. The number of thioether (sulfide) groups is 1. The standard InChI is InChI=1S/C18H20S/c1-3-7-16-15-11-10-13(2)12-17(15)19-18(16)14-8-5-4-6-9-14/h4-6,8-12,15,17H,3,7H2,1-2H3. The monoisotopic (exact) mass is 268 g/mol. The van der Waals surface area contributed by atoms with E-state index >= 15 is 0 Å². The van der Waals surface area contributed by atoms with Gasteiger partial charge < -0.3 is 0 Å². The molecule has 1 heteroatoms. The fourth-order valence-electron chi connectivity index (χ4n) is 2.96. The Morgan fingerprint density at radius 2 is 1.95 bits per heavy atom. The average Bonchev–Trinajstić information content (AvgIpc) is 2.78. The van der Waals surface area contributed by atoms with Gasteiger partial charge >= 0.3 is 0 Å². The van der Waals surface area contributed by atoms with Crippen molar-refractivity contribution in [1.82, 2.24) is 0 Å². The van der Waals surface area contributed by atoms with Crippen molar-refractivity contribution in [2.75, 3.05) is 0 Å². The molecule has 1 aromatic rings. The summed E-state index contributed by atoms with van der Waals surface area (Å²) in [4.78, 5) is 1.52. The zero-order valence-electron chi connectivity index (χ0n) is 11.6. The molecule has 1 aliphatic carbocycles. The number of fused-ring (bicyclic) bond motifs is 1. The van der Waals surface area contributed by atoms with Crippen LogP contribution in [0.3, 0.4) is 0 Å². The Morgan fingerprint density at radius 1 is 1.16 bits per heavy atom. The van der Waals surface area contributed by atoms with Crippen LogP contribution in [0.25, 0.3) is 4.91 Å². The topological polar surface area (TPSA) is 0 Å². The van der Waals surface area contributed by atoms with E-state index in [-0.39, 0.29) is 0 Å². The lowest BCUT2D eigenvalue weighted by molar-refractivity contribution is 0.728. The second-order valence-electron chi connectivity index (χ2n) is 5.35. The molecule has 0 spiro atoms. The lowest BCUT2D eigenvalue weighted by Gasteiger charge is -2.19. The SMILES string of the molecule is CCCC1=C(c2ccccc2)SC2C=C(C)C=CC12. The smallest absolute Gasteiger partial charge is 0.0381 e. The zero-order chi connectivity index (χ0) is 13.2. The lowest BCUT2D eigenvalue weighted by atomic mass is 9.87. The fourth-order valence-corrected chi connectivity index (χ4v) is 4.58. The predicted molar refractivity (Wildman–Crippen MR) is 86.0 cm³/mol. The normalized spacial score (nSPS) is 25.5. The van der Waals surface area contributed by atoms with Crippen LogP contribution < -0.4 is 0 Å². The molecule has 0 aromatic heterocycles. The van der Waals surface area contributed by atoms with Gasteiger partial charge in [0.2, 0.25) is 0 Å². The van der Waals surface area contributed by atoms with E-state index in [2.05, 4.69) is 74.2 Å². The van der Waals surface area contributed by atoms with Crippen LogP contribution in [0.15, 0.2) is 59.7 Å². The van der Waals surface area contributed by atoms with Crippen molar-refractivity contribution >= 4 is 16.7 Å². The van der Waals surface area contributed by atoms with Crippen molar-refractivity contribution in [2.45, 2.75) is 31.9 Å². The average molecular weight is 268 g/mol. The first-order valence-corrected chi connectivity index (χ1v) is 7.99. The highest BCUT2D eigenvalue weighted by Crippen LogP contribution is 2.51. The van der Waals surface area contributed by atoms with Crippen molar-refractivity contribution in [1.29, 1.82) is 0 Å². The van der Waals surface area contributed by atoms with Crippen molar-refractivity contribution < 1.29 is 0 Å². The maximum Gasteiger partial charge on any atom is 0.0381 e. The number of allylic oxidation sites excluding steroid dienone is 4. The summed E-state index contributed by atoms with van der Waals surface area (Å²) in [5.74, 6) is 0.615. The van der Waals surface area contributed by atoms with Gasteiger partial charge in [-0.05, 0) is 24.5 Å². The molecule has 0 amide bonds. The summed E-state index contributed by atoms with van der Waals surface area (Å²) >= 11 is 2.05. The van der Waals surface area contributed by atoms with E-state index in [0.717, 1.165) is 0 Å².